The molecule has 0 amide bonds. The van der Waals surface area contributed by atoms with Crippen LogP contribution in [0.15, 0.2) is 12.1 Å². The number of aryl methyl sites for hydroxylation is 2. The van der Waals surface area contributed by atoms with Gasteiger partial charge in [0.15, 0.2) is 0 Å². The molecule has 1 aromatic carbocycles. The molecule has 0 aliphatic carbocycles. The number of rotatable bonds is 2. The van der Waals surface area contributed by atoms with E-state index in [9.17, 15) is 0 Å². The van der Waals surface area contributed by atoms with Gasteiger partial charge >= 0.3 is 0 Å². The molecule has 1 aromatic rings. The zero-order chi connectivity index (χ0) is 12.4. The van der Waals surface area contributed by atoms with Crippen LogP contribution in [-0.2, 0) is 0 Å². The topological polar surface area (TPSA) is 21.3 Å². The van der Waals surface area contributed by atoms with Gasteiger partial charge in [0.1, 0.15) is 5.75 Å². The van der Waals surface area contributed by atoms with Crippen LogP contribution in [-0.4, -0.2) is 13.7 Å². The first-order valence-electron chi connectivity index (χ1n) is 6.50. The molecule has 2 unspecified atom stereocenters. The highest BCUT2D eigenvalue weighted by atomic mass is 16.5. The van der Waals surface area contributed by atoms with Gasteiger partial charge in [-0.25, -0.2) is 0 Å². The average Bonchev–Trinajstić information content (AvgIpc) is 2.33. The molecule has 1 saturated heterocycles. The van der Waals surface area contributed by atoms with Crippen molar-refractivity contribution in [1.29, 1.82) is 0 Å². The van der Waals surface area contributed by atoms with Crippen LogP contribution in [0.25, 0.3) is 0 Å². The second-order valence-electron chi connectivity index (χ2n) is 5.32. The van der Waals surface area contributed by atoms with Gasteiger partial charge in [-0.15, -0.1) is 0 Å². The number of ether oxygens (including phenoxy) is 1. The molecule has 1 aliphatic heterocycles. The second-order valence-corrected chi connectivity index (χ2v) is 5.32. The van der Waals surface area contributed by atoms with Gasteiger partial charge in [0.2, 0.25) is 0 Å². The molecule has 2 nitrogen and oxygen atoms in total. The van der Waals surface area contributed by atoms with Crippen LogP contribution in [0.2, 0.25) is 0 Å². The summed E-state index contributed by atoms with van der Waals surface area (Å²) in [6.45, 7) is 7.74. The molecular formula is C15H23NO. The molecule has 1 fully saturated rings. The van der Waals surface area contributed by atoms with Crippen molar-refractivity contribution < 1.29 is 4.74 Å². The van der Waals surface area contributed by atoms with Gasteiger partial charge in [0.05, 0.1) is 7.11 Å². The number of methoxy groups -OCH3 is 1. The maximum absolute atomic E-state index is 5.36. The van der Waals surface area contributed by atoms with Crippen molar-refractivity contribution in [3.63, 3.8) is 0 Å². The number of benzene rings is 1. The SMILES string of the molecule is COc1cc(C)c(C2CCC(C)CN2)cc1C. The van der Waals surface area contributed by atoms with E-state index in [0.29, 0.717) is 6.04 Å². The third-order valence-corrected chi connectivity index (χ3v) is 3.82. The zero-order valence-electron chi connectivity index (χ0n) is 11.3. The summed E-state index contributed by atoms with van der Waals surface area (Å²) in [6.07, 6.45) is 2.57. The Morgan fingerprint density at radius 3 is 2.53 bits per heavy atom. The average molecular weight is 233 g/mol. The summed E-state index contributed by atoms with van der Waals surface area (Å²) in [5.74, 6) is 1.81. The highest BCUT2D eigenvalue weighted by Gasteiger charge is 2.20. The fourth-order valence-corrected chi connectivity index (χ4v) is 2.67. The van der Waals surface area contributed by atoms with Crippen molar-refractivity contribution >= 4 is 0 Å². The van der Waals surface area contributed by atoms with Gasteiger partial charge in [-0.05, 0) is 61.9 Å². The fourth-order valence-electron chi connectivity index (χ4n) is 2.67. The monoisotopic (exact) mass is 233 g/mol. The Labute approximate surface area is 104 Å². The summed E-state index contributed by atoms with van der Waals surface area (Å²) in [6, 6.07) is 4.96. The summed E-state index contributed by atoms with van der Waals surface area (Å²) < 4.78 is 5.36. The lowest BCUT2D eigenvalue weighted by atomic mass is 9.89. The Morgan fingerprint density at radius 2 is 1.94 bits per heavy atom. The molecule has 17 heavy (non-hydrogen) atoms. The van der Waals surface area contributed by atoms with Crippen molar-refractivity contribution in [2.45, 2.75) is 39.7 Å². The second kappa shape index (κ2) is 5.09. The van der Waals surface area contributed by atoms with E-state index in [0.717, 1.165) is 18.2 Å². The summed E-state index contributed by atoms with van der Waals surface area (Å²) in [4.78, 5) is 0. The highest BCUT2D eigenvalue weighted by molar-refractivity contribution is 5.43. The van der Waals surface area contributed by atoms with Gasteiger partial charge < -0.3 is 10.1 Å². The van der Waals surface area contributed by atoms with Gasteiger partial charge in [-0.1, -0.05) is 13.0 Å². The first-order valence-corrected chi connectivity index (χ1v) is 6.50. The first-order chi connectivity index (χ1) is 8.11. The quantitative estimate of drug-likeness (QED) is 0.845. The number of piperidine rings is 1. The van der Waals surface area contributed by atoms with Crippen LogP contribution in [0.1, 0.15) is 42.5 Å². The minimum Gasteiger partial charge on any atom is -0.496 e. The Kier molecular flexibility index (Phi) is 3.72. The lowest BCUT2D eigenvalue weighted by Gasteiger charge is -2.29. The Morgan fingerprint density at radius 1 is 1.18 bits per heavy atom. The van der Waals surface area contributed by atoms with E-state index in [4.69, 9.17) is 4.74 Å². The molecule has 0 bridgehead atoms. The normalized spacial score (nSPS) is 24.7. The largest absolute Gasteiger partial charge is 0.496 e. The van der Waals surface area contributed by atoms with E-state index in [1.807, 2.05) is 0 Å². The van der Waals surface area contributed by atoms with E-state index in [1.54, 1.807) is 7.11 Å². The minimum atomic E-state index is 0.524. The molecule has 1 N–H and O–H groups in total. The van der Waals surface area contributed by atoms with Crippen LogP contribution >= 0.6 is 0 Å². The van der Waals surface area contributed by atoms with E-state index in [2.05, 4.69) is 38.2 Å². The third kappa shape index (κ3) is 2.63. The smallest absolute Gasteiger partial charge is 0.122 e. The van der Waals surface area contributed by atoms with Crippen LogP contribution in [0.4, 0.5) is 0 Å². The van der Waals surface area contributed by atoms with Gasteiger partial charge in [-0.2, -0.15) is 0 Å². The maximum Gasteiger partial charge on any atom is 0.122 e. The van der Waals surface area contributed by atoms with Crippen LogP contribution < -0.4 is 10.1 Å². The molecule has 0 aromatic heterocycles. The first kappa shape index (κ1) is 12.4. The standard InChI is InChI=1S/C15H23NO/c1-10-5-6-14(16-9-10)13-7-12(3)15(17-4)8-11(13)2/h7-8,10,14,16H,5-6,9H2,1-4H3. The summed E-state index contributed by atoms with van der Waals surface area (Å²) >= 11 is 0. The minimum absolute atomic E-state index is 0.524. The molecule has 0 radical (unpaired) electrons. The van der Waals surface area contributed by atoms with E-state index in [-0.39, 0.29) is 0 Å². The molecule has 2 rings (SSSR count). The predicted octanol–water partition coefficient (Wildman–Crippen LogP) is 3.37. The molecule has 2 heteroatoms. The van der Waals surface area contributed by atoms with Gasteiger partial charge in [-0.3, -0.25) is 0 Å². The maximum atomic E-state index is 5.36. The van der Waals surface area contributed by atoms with Gasteiger partial charge in [0.25, 0.3) is 0 Å². The van der Waals surface area contributed by atoms with Crippen molar-refractivity contribution in [1.82, 2.24) is 5.32 Å². The molecule has 94 valence electrons. The molecule has 1 heterocycles. The lowest BCUT2D eigenvalue weighted by Crippen LogP contribution is -2.32. The van der Waals surface area contributed by atoms with Crippen molar-refractivity contribution in [3.8, 4) is 5.75 Å². The van der Waals surface area contributed by atoms with Crippen LogP contribution in [0.5, 0.6) is 5.75 Å². The fraction of sp³-hybridized carbons (Fsp3) is 0.600. The van der Waals surface area contributed by atoms with Crippen molar-refractivity contribution in [2.75, 3.05) is 13.7 Å². The lowest BCUT2D eigenvalue weighted by molar-refractivity contribution is 0.331. The molecule has 2 atom stereocenters. The molecule has 1 aliphatic rings. The molecular weight excluding hydrogens is 210 g/mol. The van der Waals surface area contributed by atoms with E-state index < -0.39 is 0 Å². The summed E-state index contributed by atoms with van der Waals surface area (Å²) in [5.41, 5.74) is 4.00. The molecule has 0 spiro atoms. The molecule has 0 saturated carbocycles. The van der Waals surface area contributed by atoms with Crippen LogP contribution in [0.3, 0.4) is 0 Å². The highest BCUT2D eigenvalue weighted by Crippen LogP contribution is 2.31. The number of hydrogen-bond donors (Lipinski definition) is 1. The summed E-state index contributed by atoms with van der Waals surface area (Å²) in [7, 11) is 1.74. The van der Waals surface area contributed by atoms with Crippen molar-refractivity contribution in [2.24, 2.45) is 5.92 Å². The van der Waals surface area contributed by atoms with Crippen LogP contribution in [0, 0.1) is 19.8 Å². The van der Waals surface area contributed by atoms with Gasteiger partial charge in [0, 0.05) is 6.04 Å². The summed E-state index contributed by atoms with van der Waals surface area (Å²) in [5, 5.41) is 3.65. The Balaban J connectivity index is 2.23. The number of nitrogens with one attached hydrogen (secondary N) is 1. The Bertz CT molecular complexity index is 392. The van der Waals surface area contributed by atoms with Crippen molar-refractivity contribution in [3.05, 3.63) is 28.8 Å². The third-order valence-electron chi connectivity index (χ3n) is 3.82. The zero-order valence-corrected chi connectivity index (χ0v) is 11.3. The predicted molar refractivity (Wildman–Crippen MR) is 71.6 cm³/mol. The Hall–Kier alpha value is -1.02. The van der Waals surface area contributed by atoms with E-state index >= 15 is 0 Å². The van der Waals surface area contributed by atoms with E-state index in [1.165, 1.54) is 29.5 Å². The number of hydrogen-bond acceptors (Lipinski definition) is 2.